The van der Waals surface area contributed by atoms with Gasteiger partial charge in [0, 0.05) is 44.1 Å². The first-order chi connectivity index (χ1) is 14.6. The predicted octanol–water partition coefficient (Wildman–Crippen LogP) is 0.906. The second kappa shape index (κ2) is 10.7. The number of aryl methyl sites for hydroxylation is 1. The highest BCUT2D eigenvalue weighted by Crippen LogP contribution is 2.21. The van der Waals surface area contributed by atoms with Crippen molar-refractivity contribution >= 4 is 17.5 Å². The Morgan fingerprint density at radius 2 is 2.13 bits per heavy atom. The van der Waals surface area contributed by atoms with Crippen LogP contribution in [-0.4, -0.2) is 67.5 Å². The molecule has 0 spiro atoms. The highest BCUT2D eigenvalue weighted by atomic mass is 16.5. The maximum absolute atomic E-state index is 12.5. The zero-order chi connectivity index (χ0) is 21.3. The number of aromatic nitrogens is 3. The van der Waals surface area contributed by atoms with Crippen molar-refractivity contribution in [3.05, 3.63) is 39.9 Å². The Morgan fingerprint density at radius 1 is 1.33 bits per heavy atom. The number of carbonyl (C=O) groups excluding carboxylic acids is 1. The van der Waals surface area contributed by atoms with Gasteiger partial charge in [0.1, 0.15) is 12.3 Å². The van der Waals surface area contributed by atoms with E-state index in [4.69, 9.17) is 14.2 Å². The average molecular weight is 417 g/mol. The summed E-state index contributed by atoms with van der Waals surface area (Å²) in [5.74, 6) is 0.631. The number of carbonyl (C=O) groups is 1. The van der Waals surface area contributed by atoms with Crippen molar-refractivity contribution in [2.45, 2.75) is 19.8 Å². The van der Waals surface area contributed by atoms with E-state index in [1.165, 1.54) is 0 Å². The molecular weight excluding hydrogens is 390 g/mol. The van der Waals surface area contributed by atoms with E-state index >= 15 is 0 Å². The zero-order valence-corrected chi connectivity index (χ0v) is 17.3. The summed E-state index contributed by atoms with van der Waals surface area (Å²) in [5.41, 5.74) is 1.38. The normalized spacial score (nSPS) is 13.9. The molecule has 0 atom stereocenters. The van der Waals surface area contributed by atoms with E-state index in [0.717, 1.165) is 0 Å². The molecule has 3 rings (SSSR count). The van der Waals surface area contributed by atoms with E-state index < -0.39 is 0 Å². The minimum atomic E-state index is -0.240. The van der Waals surface area contributed by atoms with Gasteiger partial charge >= 0.3 is 0 Å². The van der Waals surface area contributed by atoms with Crippen LogP contribution in [0.3, 0.4) is 0 Å². The van der Waals surface area contributed by atoms with Crippen LogP contribution in [-0.2, 0) is 20.7 Å². The number of rotatable bonds is 9. The van der Waals surface area contributed by atoms with Crippen LogP contribution in [0.4, 0.5) is 11.6 Å². The van der Waals surface area contributed by atoms with Gasteiger partial charge in [-0.3, -0.25) is 14.6 Å². The zero-order valence-electron chi connectivity index (χ0n) is 17.3. The first-order valence-electron chi connectivity index (χ1n) is 9.87. The molecule has 0 aliphatic carbocycles. The maximum Gasteiger partial charge on any atom is 0.255 e. The van der Waals surface area contributed by atoms with Crippen molar-refractivity contribution in [3.8, 4) is 5.88 Å². The molecule has 0 aromatic carbocycles. The van der Waals surface area contributed by atoms with Crippen molar-refractivity contribution in [1.29, 1.82) is 0 Å². The summed E-state index contributed by atoms with van der Waals surface area (Å²) in [6.45, 7) is 5.11. The molecular formula is C20H27N5O5. The van der Waals surface area contributed by atoms with Gasteiger partial charge in [0.25, 0.3) is 5.56 Å². The topological polar surface area (TPSA) is 119 Å². The van der Waals surface area contributed by atoms with Crippen molar-refractivity contribution in [2.24, 2.45) is 0 Å². The lowest BCUT2D eigenvalue weighted by Crippen LogP contribution is -2.38. The SMILES string of the molecule is COCCOc1ncccc1NC(=O)CCc1c(C)nc(N2CCOCC2)[nH]c1=O. The molecule has 1 aliphatic rings. The van der Waals surface area contributed by atoms with E-state index in [1.54, 1.807) is 32.4 Å². The molecule has 30 heavy (non-hydrogen) atoms. The molecule has 0 unspecified atom stereocenters. The molecule has 10 nitrogen and oxygen atoms in total. The van der Waals surface area contributed by atoms with Gasteiger partial charge in [-0.2, -0.15) is 0 Å². The van der Waals surface area contributed by atoms with E-state index in [2.05, 4.69) is 20.3 Å². The van der Waals surface area contributed by atoms with Gasteiger partial charge in [0.2, 0.25) is 17.7 Å². The Balaban J connectivity index is 1.60. The Kier molecular flexibility index (Phi) is 7.75. The van der Waals surface area contributed by atoms with E-state index in [-0.39, 0.29) is 24.3 Å². The minimum Gasteiger partial charge on any atom is -0.474 e. The number of morpholine rings is 1. The molecule has 0 radical (unpaired) electrons. The Morgan fingerprint density at radius 3 is 2.87 bits per heavy atom. The Bertz CT molecular complexity index is 911. The molecule has 1 aliphatic heterocycles. The molecule has 0 saturated carbocycles. The quantitative estimate of drug-likeness (QED) is 0.578. The third-order valence-electron chi connectivity index (χ3n) is 4.69. The lowest BCUT2D eigenvalue weighted by molar-refractivity contribution is -0.116. The number of nitrogens with zero attached hydrogens (tertiary/aromatic N) is 3. The van der Waals surface area contributed by atoms with Crippen LogP contribution in [0.5, 0.6) is 5.88 Å². The summed E-state index contributed by atoms with van der Waals surface area (Å²) in [6, 6.07) is 3.42. The number of anilines is 2. The number of aromatic amines is 1. The molecule has 3 heterocycles. The summed E-state index contributed by atoms with van der Waals surface area (Å²) < 4.78 is 15.8. The number of amides is 1. The smallest absolute Gasteiger partial charge is 0.255 e. The van der Waals surface area contributed by atoms with E-state index in [9.17, 15) is 9.59 Å². The van der Waals surface area contributed by atoms with Crippen LogP contribution >= 0.6 is 0 Å². The van der Waals surface area contributed by atoms with Gasteiger partial charge in [0.05, 0.1) is 19.8 Å². The maximum atomic E-state index is 12.5. The molecule has 0 bridgehead atoms. The molecule has 162 valence electrons. The number of H-pyrrole nitrogens is 1. The largest absolute Gasteiger partial charge is 0.474 e. The number of nitrogens with one attached hydrogen (secondary N) is 2. The number of hydrogen-bond acceptors (Lipinski definition) is 8. The third-order valence-corrected chi connectivity index (χ3v) is 4.69. The van der Waals surface area contributed by atoms with Gasteiger partial charge in [0.15, 0.2) is 0 Å². The van der Waals surface area contributed by atoms with Crippen LogP contribution in [0.25, 0.3) is 0 Å². The molecule has 1 amide bonds. The van der Waals surface area contributed by atoms with Gasteiger partial charge < -0.3 is 24.4 Å². The van der Waals surface area contributed by atoms with Crippen LogP contribution in [0.15, 0.2) is 23.1 Å². The Hall–Kier alpha value is -2.98. The van der Waals surface area contributed by atoms with Crippen molar-refractivity contribution in [3.63, 3.8) is 0 Å². The third kappa shape index (κ3) is 5.77. The van der Waals surface area contributed by atoms with Crippen molar-refractivity contribution in [1.82, 2.24) is 15.0 Å². The van der Waals surface area contributed by atoms with E-state index in [1.807, 2.05) is 4.90 Å². The van der Waals surface area contributed by atoms with Gasteiger partial charge in [-0.25, -0.2) is 9.97 Å². The summed E-state index contributed by atoms with van der Waals surface area (Å²) in [4.78, 5) is 38.4. The summed E-state index contributed by atoms with van der Waals surface area (Å²) in [5, 5.41) is 2.79. The first kappa shape index (κ1) is 21.7. The van der Waals surface area contributed by atoms with Crippen LogP contribution < -0.4 is 20.5 Å². The summed E-state index contributed by atoms with van der Waals surface area (Å²) in [6.07, 6.45) is 2.00. The highest BCUT2D eigenvalue weighted by Gasteiger charge is 2.17. The number of hydrogen-bond donors (Lipinski definition) is 2. The highest BCUT2D eigenvalue weighted by molar-refractivity contribution is 5.92. The average Bonchev–Trinajstić information content (AvgIpc) is 2.75. The van der Waals surface area contributed by atoms with Crippen LogP contribution in [0, 0.1) is 6.92 Å². The standard InChI is InChI=1S/C20H27N5O5/c1-14-15(18(27)24-20(22-14)25-8-10-29-11-9-25)5-6-17(26)23-16-4-3-7-21-19(16)30-13-12-28-2/h3-4,7H,5-6,8-13H2,1-2H3,(H,23,26)(H,22,24,27). The number of pyridine rings is 1. The second-order valence-electron chi connectivity index (χ2n) is 6.80. The van der Waals surface area contributed by atoms with Gasteiger partial charge in [-0.15, -0.1) is 0 Å². The fourth-order valence-corrected chi connectivity index (χ4v) is 3.09. The molecule has 2 aromatic rings. The first-order valence-corrected chi connectivity index (χ1v) is 9.87. The lowest BCUT2D eigenvalue weighted by Gasteiger charge is -2.27. The lowest BCUT2D eigenvalue weighted by atomic mass is 10.1. The van der Waals surface area contributed by atoms with Crippen LogP contribution in [0.1, 0.15) is 17.7 Å². The molecule has 10 heteroatoms. The second-order valence-corrected chi connectivity index (χ2v) is 6.80. The number of methoxy groups -OCH3 is 1. The molecule has 2 N–H and O–H groups in total. The summed E-state index contributed by atoms with van der Waals surface area (Å²) in [7, 11) is 1.58. The number of ether oxygens (including phenoxy) is 3. The van der Waals surface area contributed by atoms with E-state index in [0.29, 0.717) is 68.3 Å². The summed E-state index contributed by atoms with van der Waals surface area (Å²) >= 11 is 0. The van der Waals surface area contributed by atoms with Gasteiger partial charge in [-0.1, -0.05) is 0 Å². The van der Waals surface area contributed by atoms with Gasteiger partial charge in [-0.05, 0) is 25.5 Å². The van der Waals surface area contributed by atoms with Crippen molar-refractivity contribution < 1.29 is 19.0 Å². The Labute approximate surface area is 174 Å². The molecule has 2 aromatic heterocycles. The van der Waals surface area contributed by atoms with Crippen LogP contribution in [0.2, 0.25) is 0 Å². The fraction of sp³-hybridized carbons (Fsp3) is 0.500. The fourth-order valence-electron chi connectivity index (χ4n) is 3.09. The molecule has 1 saturated heterocycles. The monoisotopic (exact) mass is 417 g/mol. The van der Waals surface area contributed by atoms with Crippen molar-refractivity contribution in [2.75, 3.05) is 56.8 Å². The molecule has 1 fully saturated rings. The predicted molar refractivity (Wildman–Crippen MR) is 111 cm³/mol. The minimum absolute atomic E-state index is 0.134.